The van der Waals surface area contributed by atoms with Crippen LogP contribution >= 0.6 is 0 Å². The number of carbonyl (C=O) groups excluding carboxylic acids is 1. The Morgan fingerprint density at radius 2 is 1.94 bits per heavy atom. The van der Waals surface area contributed by atoms with E-state index in [0.29, 0.717) is 30.2 Å². The molecule has 1 heterocycles. The minimum absolute atomic E-state index is 0.178. The normalized spacial score (nSPS) is 11.4. The van der Waals surface area contributed by atoms with Gasteiger partial charge in [-0.05, 0) is 49.2 Å². The zero-order valence-corrected chi connectivity index (χ0v) is 18.7. The van der Waals surface area contributed by atoms with Crippen LogP contribution in [0.25, 0.3) is 0 Å². The molecule has 3 rings (SSSR count). The molecule has 3 aromatic rings. The van der Waals surface area contributed by atoms with Crippen LogP contribution in [0.4, 0.5) is 11.4 Å². The van der Waals surface area contributed by atoms with Gasteiger partial charge in [-0.1, -0.05) is 12.1 Å². The lowest BCUT2D eigenvalue weighted by atomic mass is 10.1. The number of benzene rings is 2. The van der Waals surface area contributed by atoms with Gasteiger partial charge in [0.1, 0.15) is 17.2 Å². The number of nitrogens with one attached hydrogen (secondary N) is 2. The first-order chi connectivity index (χ1) is 15.9. The zero-order valence-electron chi connectivity index (χ0n) is 18.7. The molecule has 33 heavy (non-hydrogen) atoms. The van der Waals surface area contributed by atoms with Crippen LogP contribution in [0.2, 0.25) is 0 Å². The fourth-order valence-electron chi connectivity index (χ4n) is 3.36. The average molecular weight is 450 g/mol. The summed E-state index contributed by atoms with van der Waals surface area (Å²) in [6.07, 6.45) is 2.19. The number of ether oxygens (including phenoxy) is 2. The van der Waals surface area contributed by atoms with Gasteiger partial charge in [-0.25, -0.2) is 0 Å². The highest BCUT2D eigenvalue weighted by molar-refractivity contribution is 5.95. The van der Waals surface area contributed by atoms with E-state index < -0.39 is 10.8 Å². The number of rotatable bonds is 10. The summed E-state index contributed by atoms with van der Waals surface area (Å²) in [5.74, 6) is 0.949. The Morgan fingerprint density at radius 3 is 2.61 bits per heavy atom. The van der Waals surface area contributed by atoms with Crippen LogP contribution < -0.4 is 20.1 Å². The molecule has 9 nitrogen and oxygen atoms in total. The summed E-state index contributed by atoms with van der Waals surface area (Å²) in [4.78, 5) is 28.0. The molecule has 2 aromatic carbocycles. The Labute approximate surface area is 191 Å². The summed E-state index contributed by atoms with van der Waals surface area (Å²) < 4.78 is 10.6. The Balaban J connectivity index is 1.67. The first kappa shape index (κ1) is 23.5. The minimum Gasteiger partial charge on any atom is -0.497 e. The number of methoxy groups -OCH3 is 2. The number of aromatic nitrogens is 1. The molecule has 0 radical (unpaired) electrons. The van der Waals surface area contributed by atoms with Gasteiger partial charge < -0.3 is 20.1 Å². The van der Waals surface area contributed by atoms with Crippen molar-refractivity contribution >= 4 is 17.3 Å². The second kappa shape index (κ2) is 10.9. The number of amides is 1. The molecule has 172 valence electrons. The lowest BCUT2D eigenvalue weighted by molar-refractivity contribution is -0.384. The molecule has 1 aromatic heterocycles. The highest BCUT2D eigenvalue weighted by Gasteiger charge is 2.19. The van der Waals surface area contributed by atoms with E-state index in [2.05, 4.69) is 15.6 Å². The lowest BCUT2D eigenvalue weighted by Gasteiger charge is -2.15. The SMILES string of the molecule is COc1ccc(CCNC(=O)c2ccc(NC(C)c3ccccn3)c([N+](=O)[O-])c2)c(OC)c1. The van der Waals surface area contributed by atoms with Gasteiger partial charge in [0.2, 0.25) is 0 Å². The molecular formula is C24H26N4O5. The molecule has 0 aliphatic carbocycles. The van der Waals surface area contributed by atoms with Crippen LogP contribution in [-0.2, 0) is 6.42 Å². The molecule has 0 saturated heterocycles. The van der Waals surface area contributed by atoms with Crippen molar-refractivity contribution in [2.75, 3.05) is 26.1 Å². The Hall–Kier alpha value is -4.14. The van der Waals surface area contributed by atoms with E-state index in [0.717, 1.165) is 11.3 Å². The largest absolute Gasteiger partial charge is 0.497 e. The first-order valence-corrected chi connectivity index (χ1v) is 10.4. The Morgan fingerprint density at radius 1 is 1.12 bits per heavy atom. The van der Waals surface area contributed by atoms with Crippen molar-refractivity contribution in [1.29, 1.82) is 0 Å². The van der Waals surface area contributed by atoms with Gasteiger partial charge in [-0.15, -0.1) is 0 Å². The van der Waals surface area contributed by atoms with E-state index >= 15 is 0 Å². The number of carbonyl (C=O) groups is 1. The van der Waals surface area contributed by atoms with Crippen molar-refractivity contribution in [3.63, 3.8) is 0 Å². The van der Waals surface area contributed by atoms with Crippen molar-refractivity contribution in [3.05, 3.63) is 87.7 Å². The van der Waals surface area contributed by atoms with Crippen molar-refractivity contribution in [2.45, 2.75) is 19.4 Å². The monoisotopic (exact) mass is 450 g/mol. The number of nitrogens with zero attached hydrogens (tertiary/aromatic N) is 2. The van der Waals surface area contributed by atoms with Crippen molar-refractivity contribution in [2.24, 2.45) is 0 Å². The number of hydrogen-bond acceptors (Lipinski definition) is 7. The molecule has 0 aliphatic rings. The van der Waals surface area contributed by atoms with Gasteiger partial charge >= 0.3 is 0 Å². The third kappa shape index (κ3) is 5.97. The maximum Gasteiger partial charge on any atom is 0.293 e. The Bertz CT molecular complexity index is 1120. The summed E-state index contributed by atoms with van der Waals surface area (Å²) in [5, 5.41) is 17.5. The smallest absolute Gasteiger partial charge is 0.293 e. The second-order valence-corrected chi connectivity index (χ2v) is 7.29. The number of anilines is 1. The van der Waals surface area contributed by atoms with Crippen LogP contribution in [0.1, 0.15) is 34.6 Å². The summed E-state index contributed by atoms with van der Waals surface area (Å²) in [6.45, 7) is 2.20. The molecule has 2 N–H and O–H groups in total. The maximum absolute atomic E-state index is 12.6. The highest BCUT2D eigenvalue weighted by atomic mass is 16.6. The molecule has 1 unspecified atom stereocenters. The molecular weight excluding hydrogens is 424 g/mol. The molecule has 0 bridgehead atoms. The maximum atomic E-state index is 12.6. The van der Waals surface area contributed by atoms with Crippen LogP contribution in [-0.4, -0.2) is 36.6 Å². The fraction of sp³-hybridized carbons (Fsp3) is 0.250. The van der Waals surface area contributed by atoms with E-state index in [9.17, 15) is 14.9 Å². The van der Waals surface area contributed by atoms with Gasteiger partial charge in [0.05, 0.1) is 30.9 Å². The van der Waals surface area contributed by atoms with Crippen molar-refractivity contribution < 1.29 is 19.2 Å². The first-order valence-electron chi connectivity index (χ1n) is 10.4. The molecule has 0 fully saturated rings. The molecule has 1 atom stereocenters. The van der Waals surface area contributed by atoms with Crippen molar-refractivity contribution in [1.82, 2.24) is 10.3 Å². The second-order valence-electron chi connectivity index (χ2n) is 7.29. The van der Waals surface area contributed by atoms with Gasteiger partial charge in [0.25, 0.3) is 11.6 Å². The molecule has 0 spiro atoms. The fourth-order valence-corrected chi connectivity index (χ4v) is 3.36. The van der Waals surface area contributed by atoms with E-state index in [1.807, 2.05) is 31.2 Å². The van der Waals surface area contributed by atoms with E-state index in [4.69, 9.17) is 9.47 Å². The summed E-state index contributed by atoms with van der Waals surface area (Å²) in [6, 6.07) is 15.1. The van der Waals surface area contributed by atoms with Gasteiger partial charge in [-0.3, -0.25) is 19.9 Å². The van der Waals surface area contributed by atoms with Gasteiger partial charge in [-0.2, -0.15) is 0 Å². The third-order valence-corrected chi connectivity index (χ3v) is 5.13. The summed E-state index contributed by atoms with van der Waals surface area (Å²) >= 11 is 0. The van der Waals surface area contributed by atoms with Gasteiger partial charge in [0, 0.05) is 30.4 Å². The number of nitro groups is 1. The average Bonchev–Trinajstić information content (AvgIpc) is 2.84. The standard InChI is InChI=1S/C24H26N4O5/c1-16(20-6-4-5-12-25-20)27-21-10-8-18(14-22(21)28(30)31)24(29)26-13-11-17-7-9-19(32-2)15-23(17)33-3/h4-10,12,14-16,27H,11,13H2,1-3H3,(H,26,29). The highest BCUT2D eigenvalue weighted by Crippen LogP contribution is 2.29. The van der Waals surface area contributed by atoms with Crippen LogP contribution in [0.5, 0.6) is 11.5 Å². The molecule has 0 saturated carbocycles. The van der Waals surface area contributed by atoms with Crippen molar-refractivity contribution in [3.8, 4) is 11.5 Å². The number of hydrogen-bond donors (Lipinski definition) is 2. The number of nitro benzene ring substituents is 1. The molecule has 0 aliphatic heterocycles. The predicted octanol–water partition coefficient (Wildman–Crippen LogP) is 4.15. The third-order valence-electron chi connectivity index (χ3n) is 5.13. The summed E-state index contributed by atoms with van der Waals surface area (Å²) in [5.41, 5.74) is 2.01. The molecule has 9 heteroatoms. The number of pyridine rings is 1. The van der Waals surface area contributed by atoms with E-state index in [-0.39, 0.29) is 17.3 Å². The van der Waals surface area contributed by atoms with E-state index in [1.165, 1.54) is 6.07 Å². The molecule has 1 amide bonds. The van der Waals surface area contributed by atoms with Gasteiger partial charge in [0.15, 0.2) is 0 Å². The topological polar surface area (TPSA) is 116 Å². The lowest BCUT2D eigenvalue weighted by Crippen LogP contribution is -2.26. The van der Waals surface area contributed by atoms with E-state index in [1.54, 1.807) is 44.7 Å². The van der Waals surface area contributed by atoms with Crippen LogP contribution in [0, 0.1) is 10.1 Å². The predicted molar refractivity (Wildman–Crippen MR) is 125 cm³/mol. The quantitative estimate of drug-likeness (QED) is 0.352. The van der Waals surface area contributed by atoms with Crippen LogP contribution in [0.3, 0.4) is 0 Å². The minimum atomic E-state index is -0.507. The zero-order chi connectivity index (χ0) is 23.8. The van der Waals surface area contributed by atoms with Crippen LogP contribution in [0.15, 0.2) is 60.8 Å². The summed E-state index contributed by atoms with van der Waals surface area (Å²) in [7, 11) is 3.15. The Kier molecular flexibility index (Phi) is 7.80.